The van der Waals surface area contributed by atoms with Crippen LogP contribution in [0.25, 0.3) is 0 Å². The molecule has 1 heterocycles. The van der Waals surface area contributed by atoms with Crippen LogP contribution in [-0.4, -0.2) is 42.6 Å². The van der Waals surface area contributed by atoms with Gasteiger partial charge in [-0.05, 0) is 57.1 Å². The van der Waals surface area contributed by atoms with Crippen LogP contribution in [0.15, 0.2) is 30.3 Å². The van der Waals surface area contributed by atoms with Gasteiger partial charge in [-0.15, -0.1) is 0 Å². The van der Waals surface area contributed by atoms with E-state index in [1.165, 1.54) is 24.3 Å². The number of rotatable bonds is 4. The van der Waals surface area contributed by atoms with Gasteiger partial charge in [0.2, 0.25) is 0 Å². The van der Waals surface area contributed by atoms with Gasteiger partial charge in [0.05, 0.1) is 22.9 Å². The summed E-state index contributed by atoms with van der Waals surface area (Å²) in [6.45, 7) is 0.121. The van der Waals surface area contributed by atoms with Crippen LogP contribution in [0.4, 0.5) is 18.9 Å². The van der Waals surface area contributed by atoms with E-state index in [-0.39, 0.29) is 39.3 Å². The molecule has 0 aromatic heterocycles. The van der Waals surface area contributed by atoms with Crippen LogP contribution < -0.4 is 4.90 Å². The van der Waals surface area contributed by atoms with Crippen molar-refractivity contribution >= 4 is 34.8 Å². The summed E-state index contributed by atoms with van der Waals surface area (Å²) < 4.78 is 42.3. The molecule has 0 saturated heterocycles. The SMILES string of the molecule is CN(C)[C@H]1C[C@@H](CN2C(=O)C(O)(c3ccc(Cl)cc3Cl)c3c2cc(C#N)cc3C(F)(F)F)C1. The predicted molar refractivity (Wildman–Crippen MR) is 118 cm³/mol. The van der Waals surface area contributed by atoms with Crippen molar-refractivity contribution in [1.82, 2.24) is 4.90 Å². The zero-order chi connectivity index (χ0) is 24.3. The molecule has 1 aliphatic carbocycles. The van der Waals surface area contributed by atoms with E-state index in [1.54, 1.807) is 6.07 Å². The summed E-state index contributed by atoms with van der Waals surface area (Å²) >= 11 is 12.2. The number of hydrogen-bond acceptors (Lipinski definition) is 4. The molecule has 0 radical (unpaired) electrons. The Morgan fingerprint density at radius 2 is 1.91 bits per heavy atom. The van der Waals surface area contributed by atoms with Crippen molar-refractivity contribution < 1.29 is 23.1 Å². The van der Waals surface area contributed by atoms with Gasteiger partial charge in [0.1, 0.15) is 0 Å². The number of halogens is 5. The van der Waals surface area contributed by atoms with Gasteiger partial charge in [-0.3, -0.25) is 4.79 Å². The minimum atomic E-state index is -4.92. The van der Waals surface area contributed by atoms with Gasteiger partial charge in [-0.25, -0.2) is 0 Å². The predicted octanol–water partition coefficient (Wildman–Crippen LogP) is 4.81. The molecule has 4 rings (SSSR count). The fourth-order valence-corrected chi connectivity index (χ4v) is 5.21. The van der Waals surface area contributed by atoms with Gasteiger partial charge in [-0.1, -0.05) is 29.3 Å². The van der Waals surface area contributed by atoms with E-state index in [1.807, 2.05) is 14.1 Å². The third-order valence-corrected chi connectivity index (χ3v) is 7.01. The topological polar surface area (TPSA) is 67.6 Å². The van der Waals surface area contributed by atoms with Gasteiger partial charge >= 0.3 is 6.18 Å². The second-order valence-electron chi connectivity index (χ2n) is 8.73. The summed E-state index contributed by atoms with van der Waals surface area (Å²) in [5, 5.41) is 21.1. The lowest BCUT2D eigenvalue weighted by molar-refractivity contribution is -0.142. The zero-order valence-corrected chi connectivity index (χ0v) is 19.3. The first kappa shape index (κ1) is 23.8. The van der Waals surface area contributed by atoms with Crippen LogP contribution >= 0.6 is 23.2 Å². The average molecular weight is 498 g/mol. The fraction of sp³-hybridized carbons (Fsp3) is 0.391. The van der Waals surface area contributed by atoms with Gasteiger partial charge in [-0.2, -0.15) is 18.4 Å². The van der Waals surface area contributed by atoms with Crippen molar-refractivity contribution in [2.45, 2.75) is 30.7 Å². The average Bonchev–Trinajstić information content (AvgIpc) is 2.90. The Balaban J connectivity index is 1.91. The molecule has 1 aliphatic heterocycles. The number of carbonyl (C=O) groups is 1. The van der Waals surface area contributed by atoms with E-state index in [9.17, 15) is 28.3 Å². The molecule has 0 spiro atoms. The molecule has 1 N–H and O–H groups in total. The highest BCUT2D eigenvalue weighted by atomic mass is 35.5. The monoisotopic (exact) mass is 497 g/mol. The molecule has 0 bridgehead atoms. The van der Waals surface area contributed by atoms with Gasteiger partial charge in [0.25, 0.3) is 5.91 Å². The summed E-state index contributed by atoms with van der Waals surface area (Å²) in [6, 6.07) is 7.76. The summed E-state index contributed by atoms with van der Waals surface area (Å²) in [5.74, 6) is -0.895. The van der Waals surface area contributed by atoms with E-state index in [2.05, 4.69) is 4.90 Å². The molecule has 1 atom stereocenters. The maximum absolute atomic E-state index is 14.1. The number of amides is 1. The number of anilines is 1. The van der Waals surface area contributed by atoms with E-state index < -0.39 is 28.8 Å². The Hall–Kier alpha value is -2.31. The molecule has 1 fully saturated rings. The third kappa shape index (κ3) is 3.87. The number of nitriles is 1. The molecule has 10 heteroatoms. The lowest BCUT2D eigenvalue weighted by atomic mass is 9.79. The molecule has 1 unspecified atom stereocenters. The number of benzene rings is 2. The molecule has 1 saturated carbocycles. The number of alkyl halides is 3. The minimum absolute atomic E-state index is 0.0392. The highest BCUT2D eigenvalue weighted by Gasteiger charge is 2.57. The molecule has 2 aromatic carbocycles. The third-order valence-electron chi connectivity index (χ3n) is 6.46. The summed E-state index contributed by atoms with van der Waals surface area (Å²) in [4.78, 5) is 16.8. The smallest absolute Gasteiger partial charge is 0.372 e. The van der Waals surface area contributed by atoms with Crippen LogP contribution in [0.3, 0.4) is 0 Å². The molecule has 5 nitrogen and oxygen atoms in total. The summed E-state index contributed by atoms with van der Waals surface area (Å²) in [5.41, 5.74) is -5.14. The second kappa shape index (κ2) is 8.17. The number of aliphatic hydroxyl groups is 1. The summed E-state index contributed by atoms with van der Waals surface area (Å²) in [7, 11) is 3.88. The van der Waals surface area contributed by atoms with Crippen molar-refractivity contribution in [3.63, 3.8) is 0 Å². The van der Waals surface area contributed by atoms with E-state index in [0.29, 0.717) is 12.1 Å². The molecule has 2 aromatic rings. The van der Waals surface area contributed by atoms with Crippen LogP contribution in [0, 0.1) is 17.2 Å². The van der Waals surface area contributed by atoms with Crippen molar-refractivity contribution in [2.75, 3.05) is 25.5 Å². The molecular weight excluding hydrogens is 478 g/mol. The Kier molecular flexibility index (Phi) is 5.90. The Labute approximate surface area is 198 Å². The van der Waals surface area contributed by atoms with Gasteiger partial charge in [0, 0.05) is 33.8 Å². The first-order valence-electron chi connectivity index (χ1n) is 10.2. The normalized spacial score (nSPS) is 24.6. The lowest BCUT2D eigenvalue weighted by Gasteiger charge is -2.41. The maximum atomic E-state index is 14.1. The van der Waals surface area contributed by atoms with E-state index in [4.69, 9.17) is 23.2 Å². The Morgan fingerprint density at radius 1 is 1.24 bits per heavy atom. The van der Waals surface area contributed by atoms with Crippen LogP contribution in [0.2, 0.25) is 10.0 Å². The van der Waals surface area contributed by atoms with E-state index in [0.717, 1.165) is 17.7 Å². The van der Waals surface area contributed by atoms with Crippen molar-refractivity contribution in [3.05, 3.63) is 62.6 Å². The maximum Gasteiger partial charge on any atom is 0.416 e. The van der Waals surface area contributed by atoms with Gasteiger partial charge in [0.15, 0.2) is 5.60 Å². The van der Waals surface area contributed by atoms with Crippen LogP contribution in [-0.2, 0) is 16.6 Å². The Bertz CT molecular complexity index is 1170. The Morgan fingerprint density at radius 3 is 2.45 bits per heavy atom. The van der Waals surface area contributed by atoms with Crippen LogP contribution in [0.5, 0.6) is 0 Å². The first-order chi connectivity index (χ1) is 15.4. The molecule has 2 aliphatic rings. The number of hydrogen-bond donors (Lipinski definition) is 1. The van der Waals surface area contributed by atoms with Crippen molar-refractivity contribution in [1.29, 1.82) is 5.26 Å². The molecular formula is C23H20Cl2F3N3O2. The second-order valence-corrected chi connectivity index (χ2v) is 9.58. The fourth-order valence-electron chi connectivity index (χ4n) is 4.66. The van der Waals surface area contributed by atoms with Crippen LogP contribution in [0.1, 0.15) is 35.1 Å². The number of fused-ring (bicyclic) bond motifs is 1. The van der Waals surface area contributed by atoms with Crippen molar-refractivity contribution in [2.24, 2.45) is 5.92 Å². The molecule has 33 heavy (non-hydrogen) atoms. The van der Waals surface area contributed by atoms with Gasteiger partial charge < -0.3 is 14.9 Å². The molecule has 174 valence electrons. The van der Waals surface area contributed by atoms with E-state index >= 15 is 0 Å². The minimum Gasteiger partial charge on any atom is -0.372 e. The summed E-state index contributed by atoms with van der Waals surface area (Å²) in [6.07, 6.45) is -3.40. The standard InChI is InChI=1S/C23H20Cl2F3N3O2/c1-30(2)15-5-13(6-15)11-31-19-8-12(10-29)7-17(23(26,27)28)20(19)22(33,21(31)32)16-4-3-14(24)9-18(16)25/h3-4,7-9,13,15,33H,5-6,11H2,1-2H3/t13-,15+,22?. The lowest BCUT2D eigenvalue weighted by Crippen LogP contribution is -2.48. The highest BCUT2D eigenvalue weighted by molar-refractivity contribution is 6.35. The first-order valence-corrected chi connectivity index (χ1v) is 11.0. The quantitative estimate of drug-likeness (QED) is 0.658. The molecule has 1 amide bonds. The number of nitrogens with zero attached hydrogens (tertiary/aromatic N) is 3. The van der Waals surface area contributed by atoms with Crippen molar-refractivity contribution in [3.8, 4) is 6.07 Å². The highest BCUT2D eigenvalue weighted by Crippen LogP contribution is 2.52. The largest absolute Gasteiger partial charge is 0.416 e. The number of carbonyl (C=O) groups excluding carboxylic acids is 1. The zero-order valence-electron chi connectivity index (χ0n) is 17.7.